The number of hydrogen-bond donors (Lipinski definition) is 2. The van der Waals surface area contributed by atoms with Crippen LogP contribution in [0.3, 0.4) is 0 Å². The van der Waals surface area contributed by atoms with E-state index in [1.54, 1.807) is 12.4 Å². The smallest absolute Gasteiger partial charge is 0.241 e. The van der Waals surface area contributed by atoms with Gasteiger partial charge in [-0.15, -0.1) is 0 Å². The summed E-state index contributed by atoms with van der Waals surface area (Å²) in [5.74, 6) is 0.776. The quantitative estimate of drug-likeness (QED) is 0.701. The molecule has 1 amide bonds. The zero-order valence-corrected chi connectivity index (χ0v) is 8.63. The Labute approximate surface area is 91.9 Å². The third-order valence-electron chi connectivity index (χ3n) is 2.01. The summed E-state index contributed by atoms with van der Waals surface area (Å²) in [6, 6.07) is 0. The van der Waals surface area contributed by atoms with Gasteiger partial charge in [0.05, 0.1) is 0 Å². The molecule has 0 radical (unpaired) electrons. The number of aromatic nitrogens is 5. The van der Waals surface area contributed by atoms with Crippen LogP contribution in [0, 0.1) is 0 Å². The van der Waals surface area contributed by atoms with Crippen LogP contribution in [0.15, 0.2) is 25.0 Å². The highest BCUT2D eigenvalue weighted by molar-refractivity contribution is 5.75. The van der Waals surface area contributed by atoms with Crippen LogP contribution in [0.2, 0.25) is 0 Å². The first-order valence-corrected chi connectivity index (χ1v) is 4.92. The van der Waals surface area contributed by atoms with Crippen LogP contribution >= 0.6 is 0 Å². The predicted octanol–water partition coefficient (Wildman–Crippen LogP) is -0.640. The van der Waals surface area contributed by atoms with E-state index in [9.17, 15) is 4.79 Å². The van der Waals surface area contributed by atoms with Crippen molar-refractivity contribution in [2.24, 2.45) is 0 Å². The van der Waals surface area contributed by atoms with E-state index in [1.165, 1.54) is 17.3 Å². The van der Waals surface area contributed by atoms with Crippen LogP contribution in [0.25, 0.3) is 0 Å². The minimum atomic E-state index is -0.0861. The van der Waals surface area contributed by atoms with E-state index in [2.05, 4.69) is 25.4 Å². The molecule has 2 N–H and O–H groups in total. The predicted molar refractivity (Wildman–Crippen MR) is 55.3 cm³/mol. The zero-order chi connectivity index (χ0) is 11.2. The first-order valence-electron chi connectivity index (χ1n) is 4.92. The third kappa shape index (κ3) is 2.91. The molecule has 0 aliphatic carbocycles. The van der Waals surface area contributed by atoms with Gasteiger partial charge in [0.15, 0.2) is 0 Å². The number of carbonyl (C=O) groups is 1. The maximum Gasteiger partial charge on any atom is 0.241 e. The fourth-order valence-electron chi connectivity index (χ4n) is 1.27. The van der Waals surface area contributed by atoms with E-state index < -0.39 is 0 Å². The van der Waals surface area contributed by atoms with E-state index in [0.29, 0.717) is 13.0 Å². The molecule has 7 nitrogen and oxygen atoms in total. The van der Waals surface area contributed by atoms with Crippen molar-refractivity contribution in [1.29, 1.82) is 0 Å². The second-order valence-electron chi connectivity index (χ2n) is 3.23. The number of rotatable bonds is 5. The first kappa shape index (κ1) is 10.3. The summed E-state index contributed by atoms with van der Waals surface area (Å²) >= 11 is 0. The van der Waals surface area contributed by atoms with Crippen molar-refractivity contribution in [2.45, 2.75) is 13.0 Å². The Morgan fingerprint density at radius 1 is 1.56 bits per heavy atom. The van der Waals surface area contributed by atoms with Gasteiger partial charge in [0.2, 0.25) is 5.91 Å². The van der Waals surface area contributed by atoms with Crippen molar-refractivity contribution in [3.63, 3.8) is 0 Å². The lowest BCUT2D eigenvalue weighted by Gasteiger charge is -2.03. The van der Waals surface area contributed by atoms with Gasteiger partial charge in [0.1, 0.15) is 25.0 Å². The second-order valence-corrected chi connectivity index (χ2v) is 3.23. The topological polar surface area (TPSA) is 88.5 Å². The van der Waals surface area contributed by atoms with Crippen molar-refractivity contribution in [3.05, 3.63) is 30.9 Å². The van der Waals surface area contributed by atoms with Crippen LogP contribution in [-0.2, 0) is 17.8 Å². The zero-order valence-electron chi connectivity index (χ0n) is 8.63. The highest BCUT2D eigenvalue weighted by Gasteiger charge is 2.02. The molecule has 0 unspecified atom stereocenters. The summed E-state index contributed by atoms with van der Waals surface area (Å²) < 4.78 is 1.47. The molecule has 0 saturated heterocycles. The Balaban J connectivity index is 1.68. The minimum Gasteiger partial charge on any atom is -0.354 e. The third-order valence-corrected chi connectivity index (χ3v) is 2.01. The Morgan fingerprint density at radius 2 is 2.50 bits per heavy atom. The number of amides is 1. The molecule has 0 fully saturated rings. The standard InChI is InChI=1S/C9H12N6O/c16-9(5-15-7-10-6-14-15)13-2-1-8-11-3-4-12-8/h3-4,6-7H,1-2,5H2,(H,11,12)(H,13,16). The van der Waals surface area contributed by atoms with E-state index in [-0.39, 0.29) is 12.5 Å². The van der Waals surface area contributed by atoms with Crippen LogP contribution in [-0.4, -0.2) is 37.2 Å². The molecule has 2 heterocycles. The van der Waals surface area contributed by atoms with E-state index >= 15 is 0 Å². The number of H-pyrrole nitrogens is 1. The molecule has 0 aliphatic heterocycles. The molecule has 2 aromatic heterocycles. The number of hydrogen-bond acceptors (Lipinski definition) is 4. The summed E-state index contributed by atoms with van der Waals surface area (Å²) in [4.78, 5) is 22.2. The lowest BCUT2D eigenvalue weighted by molar-refractivity contribution is -0.121. The fraction of sp³-hybridized carbons (Fsp3) is 0.333. The largest absolute Gasteiger partial charge is 0.354 e. The summed E-state index contributed by atoms with van der Waals surface area (Å²) in [7, 11) is 0. The summed E-state index contributed by atoms with van der Waals surface area (Å²) in [6.07, 6.45) is 7.04. The molecular formula is C9H12N6O. The maximum absolute atomic E-state index is 11.4. The Morgan fingerprint density at radius 3 is 3.19 bits per heavy atom. The average molecular weight is 220 g/mol. The highest BCUT2D eigenvalue weighted by Crippen LogP contribution is 1.88. The normalized spacial score (nSPS) is 10.2. The summed E-state index contributed by atoms with van der Waals surface area (Å²) in [6.45, 7) is 0.749. The molecule has 0 aliphatic rings. The SMILES string of the molecule is O=C(Cn1cncn1)NCCc1ncc[nH]1. The van der Waals surface area contributed by atoms with Gasteiger partial charge in [-0.25, -0.2) is 14.6 Å². The molecule has 0 spiro atoms. The average Bonchev–Trinajstić information content (AvgIpc) is 2.90. The van der Waals surface area contributed by atoms with E-state index in [0.717, 1.165) is 5.82 Å². The molecule has 2 aromatic rings. The Hall–Kier alpha value is -2.18. The summed E-state index contributed by atoms with van der Waals surface area (Å²) in [5.41, 5.74) is 0. The molecule has 0 saturated carbocycles. The molecule has 84 valence electrons. The number of carbonyl (C=O) groups excluding carboxylic acids is 1. The number of nitrogens with one attached hydrogen (secondary N) is 2. The lowest BCUT2D eigenvalue weighted by atomic mass is 10.4. The van der Waals surface area contributed by atoms with Crippen molar-refractivity contribution >= 4 is 5.91 Å². The second kappa shape index (κ2) is 5.06. The van der Waals surface area contributed by atoms with Crippen molar-refractivity contribution < 1.29 is 4.79 Å². The number of aromatic amines is 1. The van der Waals surface area contributed by atoms with Gasteiger partial charge in [-0.1, -0.05) is 0 Å². The van der Waals surface area contributed by atoms with Gasteiger partial charge in [-0.3, -0.25) is 4.79 Å². The van der Waals surface area contributed by atoms with Gasteiger partial charge < -0.3 is 10.3 Å². The van der Waals surface area contributed by atoms with Gasteiger partial charge in [-0.2, -0.15) is 5.10 Å². The van der Waals surface area contributed by atoms with Crippen molar-refractivity contribution in [3.8, 4) is 0 Å². The molecular weight excluding hydrogens is 208 g/mol. The molecule has 16 heavy (non-hydrogen) atoms. The van der Waals surface area contributed by atoms with E-state index in [4.69, 9.17) is 0 Å². The van der Waals surface area contributed by atoms with Crippen LogP contribution in [0.1, 0.15) is 5.82 Å². The molecule has 0 aromatic carbocycles. The van der Waals surface area contributed by atoms with Crippen LogP contribution in [0.5, 0.6) is 0 Å². The lowest BCUT2D eigenvalue weighted by Crippen LogP contribution is -2.29. The molecule has 2 rings (SSSR count). The van der Waals surface area contributed by atoms with Gasteiger partial charge in [0, 0.05) is 25.4 Å². The maximum atomic E-state index is 11.4. The minimum absolute atomic E-state index is 0.0861. The van der Waals surface area contributed by atoms with Crippen LogP contribution in [0.4, 0.5) is 0 Å². The van der Waals surface area contributed by atoms with Crippen molar-refractivity contribution in [2.75, 3.05) is 6.54 Å². The van der Waals surface area contributed by atoms with Gasteiger partial charge >= 0.3 is 0 Å². The highest BCUT2D eigenvalue weighted by atomic mass is 16.2. The molecule has 0 atom stereocenters. The molecule has 7 heteroatoms. The number of nitrogens with zero attached hydrogens (tertiary/aromatic N) is 4. The number of imidazole rings is 1. The van der Waals surface area contributed by atoms with E-state index in [1.807, 2.05) is 0 Å². The van der Waals surface area contributed by atoms with Crippen molar-refractivity contribution in [1.82, 2.24) is 30.0 Å². The fourth-order valence-corrected chi connectivity index (χ4v) is 1.27. The van der Waals surface area contributed by atoms with Crippen LogP contribution < -0.4 is 5.32 Å². The summed E-state index contributed by atoms with van der Waals surface area (Å²) in [5, 5.41) is 6.61. The van der Waals surface area contributed by atoms with Gasteiger partial charge in [0.25, 0.3) is 0 Å². The Bertz CT molecular complexity index is 421. The van der Waals surface area contributed by atoms with Gasteiger partial charge in [-0.05, 0) is 0 Å². The first-order chi connectivity index (χ1) is 7.84. The monoisotopic (exact) mass is 220 g/mol. The Kier molecular flexibility index (Phi) is 3.27. The molecule has 0 bridgehead atoms.